The van der Waals surface area contributed by atoms with Crippen LogP contribution >= 0.6 is 0 Å². The summed E-state index contributed by atoms with van der Waals surface area (Å²) in [5.74, 6) is -0.443. The van der Waals surface area contributed by atoms with Gasteiger partial charge < -0.3 is 4.74 Å². The molecule has 1 saturated heterocycles. The summed E-state index contributed by atoms with van der Waals surface area (Å²) in [6.07, 6.45) is 2.90. The Morgan fingerprint density at radius 2 is 2.00 bits per heavy atom. The Morgan fingerprint density at radius 3 is 2.56 bits per heavy atom. The van der Waals surface area contributed by atoms with Crippen LogP contribution in [0.3, 0.4) is 0 Å². The summed E-state index contributed by atoms with van der Waals surface area (Å²) in [6, 6.07) is 0. The Bertz CT molecular complexity index is 420. The van der Waals surface area contributed by atoms with Crippen molar-refractivity contribution in [3.63, 3.8) is 0 Å². The normalized spacial score (nSPS) is 33.8. The van der Waals surface area contributed by atoms with Crippen LogP contribution in [0.25, 0.3) is 0 Å². The Labute approximate surface area is 109 Å². The number of carbonyl (C=O) groups is 1. The molecule has 0 N–H and O–H groups in total. The first-order valence-electron chi connectivity index (χ1n) is 6.53. The number of hydrogen-bond acceptors (Lipinski definition) is 4. The van der Waals surface area contributed by atoms with Crippen LogP contribution in [0.1, 0.15) is 32.6 Å². The minimum Gasteiger partial charge on any atom is -0.469 e. The first-order valence-corrected chi connectivity index (χ1v) is 8.04. The predicted octanol–water partition coefficient (Wildman–Crippen LogP) is 1.000. The second-order valence-electron chi connectivity index (χ2n) is 5.40. The van der Waals surface area contributed by atoms with Crippen LogP contribution < -0.4 is 0 Å². The van der Waals surface area contributed by atoms with Crippen LogP contribution in [-0.2, 0) is 19.6 Å². The number of hydrogen-bond donors (Lipinski definition) is 0. The van der Waals surface area contributed by atoms with Gasteiger partial charge in [0, 0.05) is 13.1 Å². The molecule has 0 bridgehead atoms. The summed E-state index contributed by atoms with van der Waals surface area (Å²) in [7, 11) is -2.02. The molecular formula is C12H21NO4S. The number of rotatable bonds is 3. The van der Waals surface area contributed by atoms with E-state index in [1.807, 2.05) is 0 Å². The van der Waals surface area contributed by atoms with Gasteiger partial charge in [-0.05, 0) is 25.2 Å². The lowest BCUT2D eigenvalue weighted by Gasteiger charge is -2.24. The highest BCUT2D eigenvalue weighted by Gasteiger charge is 2.45. The molecule has 0 aromatic rings. The largest absolute Gasteiger partial charge is 0.469 e. The van der Waals surface area contributed by atoms with Gasteiger partial charge in [-0.1, -0.05) is 13.3 Å². The van der Waals surface area contributed by atoms with E-state index in [-0.39, 0.29) is 5.97 Å². The van der Waals surface area contributed by atoms with Crippen molar-refractivity contribution in [3.8, 4) is 0 Å². The standard InChI is InChI=1S/C12H21NO4S/c1-9-6-7-13(8-9)18(15,16)11-5-3-4-10(11)12(14)17-2/h9-11H,3-8H2,1-2H3. The molecule has 2 aliphatic rings. The lowest BCUT2D eigenvalue weighted by Crippen LogP contribution is -2.41. The van der Waals surface area contributed by atoms with E-state index in [0.29, 0.717) is 31.8 Å². The minimum absolute atomic E-state index is 0.381. The van der Waals surface area contributed by atoms with Crippen LogP contribution in [0.15, 0.2) is 0 Å². The average molecular weight is 275 g/mol. The van der Waals surface area contributed by atoms with E-state index in [0.717, 1.165) is 12.8 Å². The van der Waals surface area contributed by atoms with Crippen LogP contribution in [0.4, 0.5) is 0 Å². The number of nitrogens with zero attached hydrogens (tertiary/aromatic N) is 1. The smallest absolute Gasteiger partial charge is 0.310 e. The molecule has 1 heterocycles. The zero-order valence-electron chi connectivity index (χ0n) is 11.0. The lowest BCUT2D eigenvalue weighted by atomic mass is 10.1. The number of esters is 1. The molecular weight excluding hydrogens is 254 g/mol. The highest BCUT2D eigenvalue weighted by Crippen LogP contribution is 2.35. The van der Waals surface area contributed by atoms with Crippen molar-refractivity contribution in [1.29, 1.82) is 0 Å². The molecule has 2 fully saturated rings. The second-order valence-corrected chi connectivity index (χ2v) is 7.55. The maximum atomic E-state index is 12.5. The second kappa shape index (κ2) is 5.17. The van der Waals surface area contributed by atoms with Gasteiger partial charge in [0.25, 0.3) is 0 Å². The summed E-state index contributed by atoms with van der Waals surface area (Å²) in [5.41, 5.74) is 0. The third kappa shape index (κ3) is 2.40. The Balaban J connectivity index is 2.16. The number of ether oxygens (including phenoxy) is 1. The molecule has 0 aromatic heterocycles. The fraction of sp³-hybridized carbons (Fsp3) is 0.917. The van der Waals surface area contributed by atoms with Crippen molar-refractivity contribution in [3.05, 3.63) is 0 Å². The molecule has 6 heteroatoms. The third-order valence-corrected chi connectivity index (χ3v) is 6.47. The average Bonchev–Trinajstić information content (AvgIpc) is 2.96. The lowest BCUT2D eigenvalue weighted by molar-refractivity contribution is -0.145. The fourth-order valence-corrected chi connectivity index (χ4v) is 5.35. The summed E-state index contributed by atoms with van der Waals surface area (Å²) in [4.78, 5) is 11.6. The van der Waals surface area contributed by atoms with Crippen molar-refractivity contribution in [2.75, 3.05) is 20.2 Å². The van der Waals surface area contributed by atoms with Gasteiger partial charge in [-0.2, -0.15) is 0 Å². The van der Waals surface area contributed by atoms with Crippen LogP contribution in [0.2, 0.25) is 0 Å². The van der Waals surface area contributed by atoms with Crippen molar-refractivity contribution in [2.24, 2.45) is 11.8 Å². The SMILES string of the molecule is COC(=O)C1CCCC1S(=O)(=O)N1CCC(C)C1. The molecule has 104 valence electrons. The van der Waals surface area contributed by atoms with Gasteiger partial charge in [0.1, 0.15) is 0 Å². The zero-order valence-corrected chi connectivity index (χ0v) is 11.8. The maximum Gasteiger partial charge on any atom is 0.310 e. The Hall–Kier alpha value is -0.620. The maximum absolute atomic E-state index is 12.5. The highest BCUT2D eigenvalue weighted by molar-refractivity contribution is 7.89. The van der Waals surface area contributed by atoms with E-state index >= 15 is 0 Å². The number of methoxy groups -OCH3 is 1. The topological polar surface area (TPSA) is 63.7 Å². The summed E-state index contributed by atoms with van der Waals surface area (Å²) in [5, 5.41) is -0.574. The number of carbonyl (C=O) groups excluding carboxylic acids is 1. The van der Waals surface area contributed by atoms with Crippen molar-refractivity contribution in [1.82, 2.24) is 4.31 Å². The molecule has 5 nitrogen and oxygen atoms in total. The molecule has 3 unspecified atom stereocenters. The summed E-state index contributed by atoms with van der Waals surface area (Å²) in [6.45, 7) is 3.24. The van der Waals surface area contributed by atoms with Crippen molar-refractivity contribution in [2.45, 2.75) is 37.9 Å². The van der Waals surface area contributed by atoms with E-state index in [4.69, 9.17) is 4.74 Å². The molecule has 0 amide bonds. The molecule has 1 aliphatic heterocycles. The molecule has 2 rings (SSSR count). The fourth-order valence-electron chi connectivity index (χ4n) is 3.02. The molecule has 0 radical (unpaired) electrons. The molecule has 18 heavy (non-hydrogen) atoms. The molecule has 0 aromatic carbocycles. The number of sulfonamides is 1. The third-order valence-electron chi connectivity index (χ3n) is 4.09. The van der Waals surface area contributed by atoms with E-state index in [9.17, 15) is 13.2 Å². The molecule has 1 aliphatic carbocycles. The zero-order chi connectivity index (χ0) is 13.3. The highest BCUT2D eigenvalue weighted by atomic mass is 32.2. The van der Waals surface area contributed by atoms with E-state index in [1.165, 1.54) is 7.11 Å². The van der Waals surface area contributed by atoms with Crippen LogP contribution in [0, 0.1) is 11.8 Å². The minimum atomic E-state index is -3.34. The van der Waals surface area contributed by atoms with Gasteiger partial charge in [-0.15, -0.1) is 0 Å². The molecule has 1 saturated carbocycles. The summed E-state index contributed by atoms with van der Waals surface area (Å²) < 4.78 is 31.3. The van der Waals surface area contributed by atoms with Gasteiger partial charge in [0.15, 0.2) is 0 Å². The van der Waals surface area contributed by atoms with Crippen LogP contribution in [-0.4, -0.2) is 44.1 Å². The van der Waals surface area contributed by atoms with Crippen LogP contribution in [0.5, 0.6) is 0 Å². The first-order chi connectivity index (χ1) is 8.46. The predicted molar refractivity (Wildman–Crippen MR) is 67.4 cm³/mol. The first kappa shape index (κ1) is 13.8. The van der Waals surface area contributed by atoms with Gasteiger partial charge in [0.2, 0.25) is 10.0 Å². The van der Waals surface area contributed by atoms with E-state index < -0.39 is 21.2 Å². The van der Waals surface area contributed by atoms with Crippen molar-refractivity contribution < 1.29 is 17.9 Å². The van der Waals surface area contributed by atoms with Gasteiger partial charge >= 0.3 is 5.97 Å². The van der Waals surface area contributed by atoms with Gasteiger partial charge in [-0.25, -0.2) is 12.7 Å². The molecule has 0 spiro atoms. The van der Waals surface area contributed by atoms with Gasteiger partial charge in [0.05, 0.1) is 18.3 Å². The van der Waals surface area contributed by atoms with E-state index in [2.05, 4.69) is 6.92 Å². The molecule has 3 atom stereocenters. The van der Waals surface area contributed by atoms with Crippen molar-refractivity contribution >= 4 is 16.0 Å². The summed E-state index contributed by atoms with van der Waals surface area (Å²) >= 11 is 0. The quantitative estimate of drug-likeness (QED) is 0.721. The Kier molecular flexibility index (Phi) is 3.96. The monoisotopic (exact) mass is 275 g/mol. The Morgan fingerprint density at radius 1 is 1.28 bits per heavy atom. The van der Waals surface area contributed by atoms with E-state index in [1.54, 1.807) is 4.31 Å². The van der Waals surface area contributed by atoms with Gasteiger partial charge in [-0.3, -0.25) is 4.79 Å².